The molecule has 0 aliphatic rings. The highest BCUT2D eigenvalue weighted by atomic mass is 16.3. The molecule has 2 aromatic heterocycles. The minimum absolute atomic E-state index is 0.632. The van der Waals surface area contributed by atoms with E-state index in [0.29, 0.717) is 17.5 Å². The van der Waals surface area contributed by atoms with Crippen LogP contribution >= 0.6 is 0 Å². The van der Waals surface area contributed by atoms with E-state index in [1.54, 1.807) is 0 Å². The summed E-state index contributed by atoms with van der Waals surface area (Å²) in [6, 6.07) is 47.6. The molecule has 0 aliphatic carbocycles. The van der Waals surface area contributed by atoms with Crippen LogP contribution in [-0.2, 0) is 0 Å². The highest BCUT2D eigenvalue weighted by molar-refractivity contribution is 6.10. The summed E-state index contributed by atoms with van der Waals surface area (Å²) in [5, 5.41) is 4.46. The van der Waals surface area contributed by atoms with Gasteiger partial charge in [-0.15, -0.1) is 0 Å². The van der Waals surface area contributed by atoms with Gasteiger partial charge in [0.2, 0.25) is 0 Å². The topological polar surface area (TPSA) is 51.8 Å². The maximum absolute atomic E-state index is 6.16. The Hall–Kier alpha value is -5.61. The van der Waals surface area contributed by atoms with Crippen LogP contribution in [0.3, 0.4) is 0 Å². The van der Waals surface area contributed by atoms with Gasteiger partial charge in [0.1, 0.15) is 11.2 Å². The lowest BCUT2D eigenvalue weighted by atomic mass is 10.0. The third kappa shape index (κ3) is 4.23. The molecule has 8 aromatic rings. The smallest absolute Gasteiger partial charge is 0.164 e. The van der Waals surface area contributed by atoms with E-state index in [1.165, 1.54) is 5.56 Å². The van der Waals surface area contributed by atoms with Gasteiger partial charge in [-0.1, -0.05) is 115 Å². The van der Waals surface area contributed by atoms with Crippen LogP contribution in [0.4, 0.5) is 0 Å². The normalized spacial score (nSPS) is 11.4. The molecule has 0 radical (unpaired) electrons. The molecule has 4 heteroatoms. The molecule has 4 nitrogen and oxygen atoms in total. The summed E-state index contributed by atoms with van der Waals surface area (Å²) < 4.78 is 6.16. The fourth-order valence-electron chi connectivity index (χ4n) is 5.40. The third-order valence-corrected chi connectivity index (χ3v) is 7.51. The van der Waals surface area contributed by atoms with Crippen LogP contribution in [0.2, 0.25) is 0 Å². The molecule has 0 saturated carbocycles. The molecular weight excluding hydrogens is 502 g/mol. The highest BCUT2D eigenvalue weighted by Gasteiger charge is 2.14. The summed E-state index contributed by atoms with van der Waals surface area (Å²) in [6.07, 6.45) is 0. The molecule has 0 unspecified atom stereocenters. The molecule has 0 aliphatic heterocycles. The van der Waals surface area contributed by atoms with E-state index in [4.69, 9.17) is 19.4 Å². The quantitative estimate of drug-likeness (QED) is 0.230. The molecular formula is C37H23N3O. The third-order valence-electron chi connectivity index (χ3n) is 7.51. The lowest BCUT2D eigenvalue weighted by molar-refractivity contribution is 0.669. The van der Waals surface area contributed by atoms with Gasteiger partial charge in [0, 0.05) is 27.5 Å². The van der Waals surface area contributed by atoms with Crippen molar-refractivity contribution in [3.8, 4) is 45.3 Å². The second kappa shape index (κ2) is 9.54. The molecule has 0 spiro atoms. The van der Waals surface area contributed by atoms with Gasteiger partial charge < -0.3 is 4.42 Å². The van der Waals surface area contributed by atoms with Crippen molar-refractivity contribution < 1.29 is 4.42 Å². The first kappa shape index (κ1) is 23.3. The number of fused-ring (bicyclic) bond motifs is 4. The molecule has 0 amide bonds. The van der Waals surface area contributed by atoms with Gasteiger partial charge in [0.05, 0.1) is 0 Å². The number of aromatic nitrogens is 3. The molecule has 192 valence electrons. The van der Waals surface area contributed by atoms with Gasteiger partial charge in [-0.3, -0.25) is 0 Å². The van der Waals surface area contributed by atoms with Crippen molar-refractivity contribution in [3.05, 3.63) is 140 Å². The molecule has 41 heavy (non-hydrogen) atoms. The summed E-state index contributed by atoms with van der Waals surface area (Å²) in [5.74, 6) is 1.92. The zero-order chi connectivity index (χ0) is 27.2. The van der Waals surface area contributed by atoms with Crippen LogP contribution < -0.4 is 0 Å². The van der Waals surface area contributed by atoms with Crippen LogP contribution in [0.5, 0.6) is 0 Å². The second-order valence-electron chi connectivity index (χ2n) is 10.1. The monoisotopic (exact) mass is 525 g/mol. The van der Waals surface area contributed by atoms with Crippen molar-refractivity contribution in [1.29, 1.82) is 0 Å². The van der Waals surface area contributed by atoms with E-state index in [0.717, 1.165) is 55.0 Å². The molecule has 0 bridgehead atoms. The molecule has 0 fully saturated rings. The first-order chi connectivity index (χ1) is 20.3. The zero-order valence-corrected chi connectivity index (χ0v) is 22.0. The molecule has 2 heterocycles. The van der Waals surface area contributed by atoms with Crippen molar-refractivity contribution >= 4 is 32.7 Å². The van der Waals surface area contributed by atoms with E-state index in [1.807, 2.05) is 54.6 Å². The van der Waals surface area contributed by atoms with E-state index in [-0.39, 0.29) is 0 Å². The van der Waals surface area contributed by atoms with Gasteiger partial charge in [0.25, 0.3) is 0 Å². The summed E-state index contributed by atoms with van der Waals surface area (Å²) in [7, 11) is 0. The van der Waals surface area contributed by atoms with Gasteiger partial charge >= 0.3 is 0 Å². The van der Waals surface area contributed by atoms with Gasteiger partial charge in [0.15, 0.2) is 17.5 Å². The van der Waals surface area contributed by atoms with E-state index < -0.39 is 0 Å². The van der Waals surface area contributed by atoms with Crippen LogP contribution in [0.25, 0.3) is 78.0 Å². The Balaban J connectivity index is 1.26. The second-order valence-corrected chi connectivity index (χ2v) is 10.1. The van der Waals surface area contributed by atoms with Crippen molar-refractivity contribution in [2.45, 2.75) is 0 Å². The minimum atomic E-state index is 0.632. The van der Waals surface area contributed by atoms with Gasteiger partial charge in [-0.25, -0.2) is 15.0 Å². The number of nitrogens with zero attached hydrogens (tertiary/aromatic N) is 3. The van der Waals surface area contributed by atoms with Gasteiger partial charge in [-0.2, -0.15) is 0 Å². The van der Waals surface area contributed by atoms with Crippen LogP contribution in [0, 0.1) is 0 Å². The first-order valence-electron chi connectivity index (χ1n) is 13.6. The predicted octanol–water partition coefficient (Wildman–Crippen LogP) is 9.59. The fraction of sp³-hybridized carbons (Fsp3) is 0. The Labute approximate surface area is 236 Å². The van der Waals surface area contributed by atoms with Crippen LogP contribution in [0.1, 0.15) is 0 Å². The maximum Gasteiger partial charge on any atom is 0.164 e. The van der Waals surface area contributed by atoms with Crippen LogP contribution in [0.15, 0.2) is 144 Å². The summed E-state index contributed by atoms with van der Waals surface area (Å²) in [5.41, 5.74) is 6.91. The summed E-state index contributed by atoms with van der Waals surface area (Å²) >= 11 is 0. The predicted molar refractivity (Wildman–Crippen MR) is 166 cm³/mol. The fourth-order valence-corrected chi connectivity index (χ4v) is 5.40. The van der Waals surface area contributed by atoms with E-state index in [9.17, 15) is 0 Å². The number of benzene rings is 6. The average molecular weight is 526 g/mol. The van der Waals surface area contributed by atoms with Crippen molar-refractivity contribution in [2.75, 3.05) is 0 Å². The average Bonchev–Trinajstić information content (AvgIpc) is 3.41. The molecule has 0 N–H and O–H groups in total. The lowest BCUT2D eigenvalue weighted by Crippen LogP contribution is -2.00. The minimum Gasteiger partial charge on any atom is -0.456 e. The largest absolute Gasteiger partial charge is 0.456 e. The standard InChI is InChI=1S/C37H23N3O/c1-3-9-24(10-4-1)25-15-17-27(18-16-25)36-38-35(26-11-5-2-6-12-26)39-37(40-36)29-20-19-28-22-32-31-13-7-8-14-33(31)41-34(32)23-30(28)21-29/h1-23H. The van der Waals surface area contributed by atoms with Crippen molar-refractivity contribution in [1.82, 2.24) is 15.0 Å². The SMILES string of the molecule is c1ccc(-c2ccc(-c3nc(-c4ccccc4)nc(-c4ccc5cc6c(cc5c4)oc4ccccc46)n3)cc2)cc1. The summed E-state index contributed by atoms with van der Waals surface area (Å²) in [6.45, 7) is 0. The lowest BCUT2D eigenvalue weighted by Gasteiger charge is -2.10. The zero-order valence-electron chi connectivity index (χ0n) is 22.0. The Kier molecular flexibility index (Phi) is 5.42. The molecule has 8 rings (SSSR count). The first-order valence-corrected chi connectivity index (χ1v) is 13.6. The van der Waals surface area contributed by atoms with Gasteiger partial charge in [-0.05, 0) is 46.2 Å². The molecule has 0 atom stereocenters. The number of hydrogen-bond acceptors (Lipinski definition) is 4. The highest BCUT2D eigenvalue weighted by Crippen LogP contribution is 2.34. The Bertz CT molecular complexity index is 2180. The number of rotatable bonds is 4. The number of hydrogen-bond donors (Lipinski definition) is 0. The van der Waals surface area contributed by atoms with E-state index >= 15 is 0 Å². The Morgan fingerprint density at radius 2 is 0.878 bits per heavy atom. The Morgan fingerprint density at radius 1 is 0.341 bits per heavy atom. The molecule has 0 saturated heterocycles. The Morgan fingerprint density at radius 3 is 1.61 bits per heavy atom. The van der Waals surface area contributed by atoms with E-state index in [2.05, 4.69) is 84.9 Å². The van der Waals surface area contributed by atoms with Crippen molar-refractivity contribution in [3.63, 3.8) is 0 Å². The summed E-state index contributed by atoms with van der Waals surface area (Å²) in [4.78, 5) is 14.8. The van der Waals surface area contributed by atoms with Crippen molar-refractivity contribution in [2.24, 2.45) is 0 Å². The number of para-hydroxylation sites is 1. The number of furan rings is 1. The maximum atomic E-state index is 6.16. The van der Waals surface area contributed by atoms with Crippen LogP contribution in [-0.4, -0.2) is 15.0 Å². The molecule has 6 aromatic carbocycles.